The van der Waals surface area contributed by atoms with Gasteiger partial charge in [0.2, 0.25) is 0 Å². The molecule has 5 nitrogen and oxygen atoms in total. The highest BCUT2D eigenvalue weighted by atomic mass is 16.1. The summed E-state index contributed by atoms with van der Waals surface area (Å²) in [5, 5.41) is 0. The van der Waals surface area contributed by atoms with Gasteiger partial charge in [-0.2, -0.15) is 0 Å². The Hall–Kier alpha value is -1.49. The van der Waals surface area contributed by atoms with Crippen LogP contribution in [0.3, 0.4) is 0 Å². The van der Waals surface area contributed by atoms with Crippen molar-refractivity contribution < 1.29 is 4.79 Å². The first-order valence-corrected chi connectivity index (χ1v) is 11.8. The van der Waals surface area contributed by atoms with Gasteiger partial charge in [0.1, 0.15) is 17.4 Å². The zero-order chi connectivity index (χ0) is 20.5. The first-order chi connectivity index (χ1) is 13.9. The number of Topliss-reactive ketones (excluding diaryl/α,β-unsaturated/α-hetero) is 1. The Morgan fingerprint density at radius 2 is 1.69 bits per heavy atom. The molecule has 29 heavy (non-hydrogen) atoms. The zero-order valence-electron chi connectivity index (χ0n) is 18.7. The normalized spacial score (nSPS) is 30.3. The van der Waals surface area contributed by atoms with Crippen LogP contribution in [0, 0.1) is 11.8 Å². The van der Waals surface area contributed by atoms with Gasteiger partial charge in [-0.1, -0.05) is 13.8 Å². The monoisotopic (exact) mass is 398 g/mol. The minimum Gasteiger partial charge on any atom is -0.348 e. The summed E-state index contributed by atoms with van der Waals surface area (Å²) in [5.74, 6) is 3.77. The third-order valence-corrected chi connectivity index (χ3v) is 7.51. The van der Waals surface area contributed by atoms with Gasteiger partial charge in [0.05, 0.1) is 0 Å². The Balaban J connectivity index is 1.40. The minimum absolute atomic E-state index is 0.166. The molecule has 0 spiro atoms. The third-order valence-electron chi connectivity index (χ3n) is 7.51. The number of rotatable bonds is 6. The Morgan fingerprint density at radius 1 is 1.03 bits per heavy atom. The van der Waals surface area contributed by atoms with Gasteiger partial charge >= 0.3 is 0 Å². The quantitative estimate of drug-likeness (QED) is 0.710. The van der Waals surface area contributed by atoms with E-state index in [1.807, 2.05) is 20.0 Å². The van der Waals surface area contributed by atoms with Crippen molar-refractivity contribution in [1.29, 1.82) is 0 Å². The average molecular weight is 399 g/mol. The van der Waals surface area contributed by atoms with Crippen LogP contribution >= 0.6 is 0 Å². The van der Waals surface area contributed by atoms with Crippen molar-refractivity contribution in [2.24, 2.45) is 11.8 Å². The number of hydrogen-bond donors (Lipinski definition) is 0. The number of carbonyl (C=O) groups excluding carboxylic acids is 1. The van der Waals surface area contributed by atoms with E-state index in [-0.39, 0.29) is 5.92 Å². The van der Waals surface area contributed by atoms with E-state index in [9.17, 15) is 4.79 Å². The molecule has 0 aromatic carbocycles. The van der Waals surface area contributed by atoms with Gasteiger partial charge in [-0.05, 0) is 64.4 Å². The zero-order valence-corrected chi connectivity index (χ0v) is 18.7. The molecule has 0 radical (unpaired) electrons. The fourth-order valence-corrected chi connectivity index (χ4v) is 5.58. The lowest BCUT2D eigenvalue weighted by molar-refractivity contribution is -0.123. The van der Waals surface area contributed by atoms with Gasteiger partial charge < -0.3 is 4.90 Å². The van der Waals surface area contributed by atoms with Crippen LogP contribution in [0.4, 0.5) is 5.82 Å². The maximum atomic E-state index is 12.1. The number of anilines is 1. The van der Waals surface area contributed by atoms with E-state index in [0.29, 0.717) is 35.7 Å². The van der Waals surface area contributed by atoms with Crippen molar-refractivity contribution in [2.45, 2.75) is 96.7 Å². The van der Waals surface area contributed by atoms with Crippen LogP contribution in [0.2, 0.25) is 0 Å². The highest BCUT2D eigenvalue weighted by Crippen LogP contribution is 2.38. The van der Waals surface area contributed by atoms with Crippen LogP contribution in [0.5, 0.6) is 0 Å². The molecule has 3 fully saturated rings. The number of likely N-dealkylation sites (tertiary alicyclic amines) is 1. The topological polar surface area (TPSA) is 49.3 Å². The standard InChI is InChI=1S/C24H38N4O/c1-16(2)22(29)13-18-5-7-19(8-6-18)24-25-12-11-23(26-24)28-20-9-10-21(28)15-27(14-20)17(3)4/h11-12,16-21H,5-10,13-15H2,1-4H3/t18-,19+,20?,21?. The number of carbonyl (C=O) groups is 1. The first-order valence-electron chi connectivity index (χ1n) is 11.8. The maximum absolute atomic E-state index is 12.1. The fraction of sp³-hybridized carbons (Fsp3) is 0.792. The lowest BCUT2D eigenvalue weighted by atomic mass is 9.78. The highest BCUT2D eigenvalue weighted by molar-refractivity contribution is 5.80. The summed E-state index contributed by atoms with van der Waals surface area (Å²) in [5.41, 5.74) is 0. The van der Waals surface area contributed by atoms with Crippen LogP contribution in [-0.4, -0.2) is 51.9 Å². The van der Waals surface area contributed by atoms with Gasteiger partial charge in [-0.25, -0.2) is 9.97 Å². The summed E-state index contributed by atoms with van der Waals surface area (Å²) in [6.45, 7) is 11.0. The molecular weight excluding hydrogens is 360 g/mol. The second-order valence-corrected chi connectivity index (χ2v) is 10.2. The number of fused-ring (bicyclic) bond motifs is 2. The van der Waals surface area contributed by atoms with Crippen molar-refractivity contribution in [3.05, 3.63) is 18.1 Å². The predicted molar refractivity (Wildman–Crippen MR) is 117 cm³/mol. The van der Waals surface area contributed by atoms with E-state index in [1.165, 1.54) is 12.8 Å². The Bertz CT molecular complexity index is 697. The number of hydrogen-bond acceptors (Lipinski definition) is 5. The van der Waals surface area contributed by atoms with Gasteiger partial charge in [-0.3, -0.25) is 9.69 Å². The lowest BCUT2D eigenvalue weighted by Crippen LogP contribution is -2.55. The summed E-state index contributed by atoms with van der Waals surface area (Å²) in [4.78, 5) is 27.0. The molecule has 2 aliphatic heterocycles. The minimum atomic E-state index is 0.166. The second-order valence-electron chi connectivity index (χ2n) is 10.2. The third kappa shape index (κ3) is 4.50. The maximum Gasteiger partial charge on any atom is 0.135 e. The number of nitrogens with zero attached hydrogens (tertiary/aromatic N) is 4. The molecule has 0 amide bonds. The van der Waals surface area contributed by atoms with Crippen molar-refractivity contribution in [2.75, 3.05) is 18.0 Å². The Morgan fingerprint density at radius 3 is 2.28 bits per heavy atom. The van der Waals surface area contributed by atoms with E-state index < -0.39 is 0 Å². The largest absolute Gasteiger partial charge is 0.348 e. The molecular formula is C24H38N4O. The molecule has 1 aromatic heterocycles. The van der Waals surface area contributed by atoms with Crippen molar-refractivity contribution >= 4 is 11.6 Å². The molecule has 0 N–H and O–H groups in total. The molecule has 2 unspecified atom stereocenters. The lowest BCUT2D eigenvalue weighted by Gasteiger charge is -2.43. The number of piperazine rings is 1. The molecule has 1 aromatic rings. The van der Waals surface area contributed by atoms with E-state index in [2.05, 4.69) is 34.7 Å². The molecule has 2 atom stereocenters. The van der Waals surface area contributed by atoms with Gasteiger partial charge in [0.25, 0.3) is 0 Å². The van der Waals surface area contributed by atoms with Crippen LogP contribution in [-0.2, 0) is 4.79 Å². The predicted octanol–water partition coefficient (Wildman–Crippen LogP) is 4.43. The molecule has 1 saturated carbocycles. The average Bonchev–Trinajstić information content (AvgIpc) is 2.97. The van der Waals surface area contributed by atoms with Crippen LogP contribution in [0.25, 0.3) is 0 Å². The summed E-state index contributed by atoms with van der Waals surface area (Å²) in [6, 6.07) is 3.93. The highest BCUT2D eigenvalue weighted by Gasteiger charge is 2.41. The van der Waals surface area contributed by atoms with Crippen LogP contribution in [0.15, 0.2) is 12.3 Å². The van der Waals surface area contributed by atoms with Gasteiger partial charge in [0.15, 0.2) is 0 Å². The van der Waals surface area contributed by atoms with E-state index in [0.717, 1.165) is 56.8 Å². The van der Waals surface area contributed by atoms with E-state index in [1.54, 1.807) is 0 Å². The summed E-state index contributed by atoms with van der Waals surface area (Å²) < 4.78 is 0. The molecule has 3 aliphatic rings. The Kier molecular flexibility index (Phi) is 6.24. The Labute approximate surface area is 176 Å². The van der Waals surface area contributed by atoms with E-state index in [4.69, 9.17) is 4.98 Å². The molecule has 2 bridgehead atoms. The van der Waals surface area contributed by atoms with Gasteiger partial charge in [0, 0.05) is 55.7 Å². The summed E-state index contributed by atoms with van der Waals surface area (Å²) in [6.07, 6.45) is 9.80. The second kappa shape index (κ2) is 8.71. The number of ketones is 1. The summed E-state index contributed by atoms with van der Waals surface area (Å²) >= 11 is 0. The first kappa shape index (κ1) is 20.8. The van der Waals surface area contributed by atoms with Crippen LogP contribution < -0.4 is 4.90 Å². The van der Waals surface area contributed by atoms with E-state index >= 15 is 0 Å². The molecule has 4 rings (SSSR count). The molecule has 1 aliphatic carbocycles. The molecule has 160 valence electrons. The smallest absolute Gasteiger partial charge is 0.135 e. The van der Waals surface area contributed by atoms with Crippen LogP contribution in [0.1, 0.15) is 84.4 Å². The van der Waals surface area contributed by atoms with Crippen molar-refractivity contribution in [1.82, 2.24) is 14.9 Å². The molecule has 5 heteroatoms. The molecule has 3 heterocycles. The van der Waals surface area contributed by atoms with Gasteiger partial charge in [-0.15, -0.1) is 0 Å². The van der Waals surface area contributed by atoms with Crippen molar-refractivity contribution in [3.63, 3.8) is 0 Å². The SMILES string of the molecule is CC(C)C(=O)C[C@H]1CC[C@@H](c2nccc(N3C4CCC3CN(C(C)C)C4)n2)CC1. The fourth-order valence-electron chi connectivity index (χ4n) is 5.58. The summed E-state index contributed by atoms with van der Waals surface area (Å²) in [7, 11) is 0. The molecule has 2 saturated heterocycles. The van der Waals surface area contributed by atoms with Crippen molar-refractivity contribution in [3.8, 4) is 0 Å². The number of aromatic nitrogens is 2.